The minimum absolute atomic E-state index is 0.856. The zero-order chi connectivity index (χ0) is 11.0. The highest BCUT2D eigenvalue weighted by Gasteiger charge is 2.06. The topological polar surface area (TPSA) is 30.2 Å². The molecule has 1 aromatic carbocycles. The lowest BCUT2D eigenvalue weighted by atomic mass is 10.1. The minimum atomic E-state index is 0.856. The Kier molecular flexibility index (Phi) is 2.49. The van der Waals surface area contributed by atoms with E-state index in [0.717, 1.165) is 21.0 Å². The summed E-state index contributed by atoms with van der Waals surface area (Å²) in [6.45, 7) is 0. The van der Waals surface area contributed by atoms with E-state index in [1.165, 1.54) is 5.56 Å². The van der Waals surface area contributed by atoms with Crippen molar-refractivity contribution in [3.63, 3.8) is 0 Å². The molecule has 0 amide bonds. The molecule has 3 nitrogen and oxygen atoms in total. The predicted octanol–water partition coefficient (Wildman–Crippen LogP) is 3.14. The maximum absolute atomic E-state index is 4.52. The average molecular weight is 294 g/mol. The SMILES string of the molecule is Brc1nn2cc(Cc3ccccc3)nc2s1. The lowest BCUT2D eigenvalue weighted by Crippen LogP contribution is -1.87. The fourth-order valence-electron chi connectivity index (χ4n) is 1.61. The van der Waals surface area contributed by atoms with Crippen LogP contribution >= 0.6 is 27.3 Å². The molecule has 0 atom stereocenters. The van der Waals surface area contributed by atoms with Gasteiger partial charge in [-0.25, -0.2) is 9.50 Å². The lowest BCUT2D eigenvalue weighted by Gasteiger charge is -1.95. The maximum Gasteiger partial charge on any atom is 0.213 e. The first-order chi connectivity index (χ1) is 7.81. The smallest absolute Gasteiger partial charge is 0.213 e. The fourth-order valence-corrected chi connectivity index (χ4v) is 2.85. The Morgan fingerprint density at radius 2 is 2.06 bits per heavy atom. The molecule has 0 bridgehead atoms. The molecule has 0 radical (unpaired) electrons. The molecule has 0 aliphatic carbocycles. The van der Waals surface area contributed by atoms with Crippen LogP contribution in [-0.4, -0.2) is 14.6 Å². The van der Waals surface area contributed by atoms with Crippen LogP contribution in [0.25, 0.3) is 4.96 Å². The summed E-state index contributed by atoms with van der Waals surface area (Å²) in [5, 5.41) is 4.26. The number of hydrogen-bond acceptors (Lipinski definition) is 3. The second kappa shape index (κ2) is 3.99. The molecule has 0 spiro atoms. The maximum atomic E-state index is 4.52. The molecule has 0 aliphatic rings. The van der Waals surface area contributed by atoms with Crippen molar-refractivity contribution in [2.24, 2.45) is 0 Å². The van der Waals surface area contributed by atoms with Gasteiger partial charge in [0.25, 0.3) is 0 Å². The van der Waals surface area contributed by atoms with Crippen molar-refractivity contribution in [3.05, 3.63) is 51.7 Å². The molecule has 3 aromatic rings. The Hall–Kier alpha value is -1.20. The van der Waals surface area contributed by atoms with Crippen LogP contribution in [0.4, 0.5) is 0 Å². The predicted molar refractivity (Wildman–Crippen MR) is 67.8 cm³/mol. The van der Waals surface area contributed by atoms with Gasteiger partial charge in [0, 0.05) is 6.42 Å². The van der Waals surface area contributed by atoms with Crippen molar-refractivity contribution in [1.29, 1.82) is 0 Å². The summed E-state index contributed by atoms with van der Waals surface area (Å²) >= 11 is 4.88. The molecule has 0 saturated carbocycles. The van der Waals surface area contributed by atoms with E-state index in [1.54, 1.807) is 11.3 Å². The highest BCUT2D eigenvalue weighted by atomic mass is 79.9. The second-order valence-electron chi connectivity index (χ2n) is 3.48. The van der Waals surface area contributed by atoms with E-state index >= 15 is 0 Å². The molecule has 0 fully saturated rings. The number of hydrogen-bond donors (Lipinski definition) is 0. The zero-order valence-electron chi connectivity index (χ0n) is 8.30. The van der Waals surface area contributed by atoms with Crippen molar-refractivity contribution in [1.82, 2.24) is 14.6 Å². The van der Waals surface area contributed by atoms with Crippen molar-refractivity contribution in [2.45, 2.75) is 6.42 Å². The van der Waals surface area contributed by atoms with Gasteiger partial charge < -0.3 is 0 Å². The van der Waals surface area contributed by atoms with Crippen molar-refractivity contribution in [3.8, 4) is 0 Å². The summed E-state index contributed by atoms with van der Waals surface area (Å²) in [4.78, 5) is 5.45. The molecule has 80 valence electrons. The molecule has 2 heterocycles. The Bertz CT molecular complexity index is 583. The Morgan fingerprint density at radius 1 is 1.25 bits per heavy atom. The standard InChI is InChI=1S/C11H8BrN3S/c12-10-14-15-7-9(13-11(15)16-10)6-8-4-2-1-3-5-8/h1-5,7H,6H2. The number of fused-ring (bicyclic) bond motifs is 1. The van der Waals surface area contributed by atoms with Crippen molar-refractivity contribution in [2.75, 3.05) is 0 Å². The van der Waals surface area contributed by atoms with Gasteiger partial charge in [0.2, 0.25) is 4.96 Å². The highest BCUT2D eigenvalue weighted by Crippen LogP contribution is 2.20. The first-order valence-corrected chi connectivity index (χ1v) is 6.47. The first-order valence-electron chi connectivity index (χ1n) is 4.86. The summed E-state index contributed by atoms with van der Waals surface area (Å²) in [7, 11) is 0. The van der Waals surface area contributed by atoms with Crippen LogP contribution in [0.1, 0.15) is 11.3 Å². The molecule has 0 aliphatic heterocycles. The van der Waals surface area contributed by atoms with Crippen molar-refractivity contribution >= 4 is 32.2 Å². The summed E-state index contributed by atoms with van der Waals surface area (Å²) in [6.07, 6.45) is 2.83. The van der Waals surface area contributed by atoms with E-state index in [9.17, 15) is 0 Å². The zero-order valence-corrected chi connectivity index (χ0v) is 10.7. The third-order valence-electron chi connectivity index (χ3n) is 2.30. The van der Waals surface area contributed by atoms with Crippen LogP contribution in [-0.2, 0) is 6.42 Å². The molecule has 0 saturated heterocycles. The quantitative estimate of drug-likeness (QED) is 0.727. The van der Waals surface area contributed by atoms with Gasteiger partial charge in [-0.05, 0) is 21.5 Å². The lowest BCUT2D eigenvalue weighted by molar-refractivity contribution is 0.952. The Labute approximate surface area is 105 Å². The molecule has 3 rings (SSSR count). The number of aromatic nitrogens is 3. The molecule has 0 N–H and O–H groups in total. The van der Waals surface area contributed by atoms with Crippen LogP contribution in [0.5, 0.6) is 0 Å². The van der Waals surface area contributed by atoms with Crippen LogP contribution in [0.15, 0.2) is 40.4 Å². The van der Waals surface area contributed by atoms with Gasteiger partial charge in [-0.1, -0.05) is 41.7 Å². The summed E-state index contributed by atoms with van der Waals surface area (Å²) in [6, 6.07) is 10.3. The number of benzene rings is 1. The first kappa shape index (κ1) is 9.99. The monoisotopic (exact) mass is 293 g/mol. The number of nitrogens with zero attached hydrogens (tertiary/aromatic N) is 3. The normalized spacial score (nSPS) is 11.1. The number of imidazole rings is 1. The van der Waals surface area contributed by atoms with E-state index in [1.807, 2.05) is 28.9 Å². The summed E-state index contributed by atoms with van der Waals surface area (Å²) < 4.78 is 2.67. The number of rotatable bonds is 2. The van der Waals surface area contributed by atoms with Crippen molar-refractivity contribution < 1.29 is 0 Å². The molecule has 2 aromatic heterocycles. The van der Waals surface area contributed by atoms with Gasteiger partial charge in [-0.2, -0.15) is 0 Å². The minimum Gasteiger partial charge on any atom is -0.222 e. The molecular formula is C11H8BrN3S. The van der Waals surface area contributed by atoms with Gasteiger partial charge in [-0.3, -0.25) is 0 Å². The fraction of sp³-hybridized carbons (Fsp3) is 0.0909. The Morgan fingerprint density at radius 3 is 2.81 bits per heavy atom. The van der Waals surface area contributed by atoms with Crippen LogP contribution in [0, 0.1) is 0 Å². The molecule has 16 heavy (non-hydrogen) atoms. The van der Waals surface area contributed by atoms with E-state index < -0.39 is 0 Å². The molecular weight excluding hydrogens is 286 g/mol. The van der Waals surface area contributed by atoms with Gasteiger partial charge in [-0.15, -0.1) is 5.10 Å². The van der Waals surface area contributed by atoms with Gasteiger partial charge in [0.1, 0.15) is 0 Å². The summed E-state index contributed by atoms with van der Waals surface area (Å²) in [5.74, 6) is 0. The van der Waals surface area contributed by atoms with Gasteiger partial charge >= 0.3 is 0 Å². The van der Waals surface area contributed by atoms with E-state index in [0.29, 0.717) is 0 Å². The van der Waals surface area contributed by atoms with Gasteiger partial charge in [0.15, 0.2) is 3.92 Å². The second-order valence-corrected chi connectivity index (χ2v) is 5.71. The third kappa shape index (κ3) is 1.88. The largest absolute Gasteiger partial charge is 0.222 e. The Balaban J connectivity index is 1.92. The molecule has 5 heteroatoms. The van der Waals surface area contributed by atoms with Crippen LogP contribution < -0.4 is 0 Å². The highest BCUT2D eigenvalue weighted by molar-refractivity contribution is 9.11. The van der Waals surface area contributed by atoms with E-state index in [4.69, 9.17) is 0 Å². The third-order valence-corrected chi connectivity index (χ3v) is 3.65. The summed E-state index contributed by atoms with van der Waals surface area (Å²) in [5.41, 5.74) is 2.32. The van der Waals surface area contributed by atoms with Gasteiger partial charge in [0.05, 0.1) is 11.9 Å². The number of halogens is 1. The average Bonchev–Trinajstić information content (AvgIpc) is 2.76. The van der Waals surface area contributed by atoms with Crippen LogP contribution in [0.2, 0.25) is 0 Å². The van der Waals surface area contributed by atoms with Crippen LogP contribution in [0.3, 0.4) is 0 Å². The molecule has 0 unspecified atom stereocenters. The van der Waals surface area contributed by atoms with E-state index in [-0.39, 0.29) is 0 Å². The van der Waals surface area contributed by atoms with E-state index in [2.05, 4.69) is 38.1 Å².